The minimum atomic E-state index is -4.15. The lowest BCUT2D eigenvalue weighted by molar-refractivity contribution is 0.166. The van der Waals surface area contributed by atoms with Crippen LogP contribution in [0.2, 0.25) is 0 Å². The molecular weight excluding hydrogens is 363 g/mol. The molecule has 2 aromatic rings. The third-order valence-electron chi connectivity index (χ3n) is 4.70. The maximum atomic E-state index is 15.4. The summed E-state index contributed by atoms with van der Waals surface area (Å²) in [4.78, 5) is 1.96. The van der Waals surface area contributed by atoms with Crippen molar-refractivity contribution in [1.29, 1.82) is 5.26 Å². The molecule has 1 unspecified atom stereocenters. The van der Waals surface area contributed by atoms with Crippen LogP contribution >= 0.6 is 11.5 Å². The van der Waals surface area contributed by atoms with E-state index in [0.29, 0.717) is 31.5 Å². The number of aromatic nitrogens is 2. The molecule has 1 saturated heterocycles. The average molecular weight is 380 g/mol. The number of rotatable bonds is 4. The molecule has 9 heteroatoms. The van der Waals surface area contributed by atoms with Crippen LogP contribution in [0.15, 0.2) is 35.4 Å². The number of halogens is 1. The zero-order valence-corrected chi connectivity index (χ0v) is 15.2. The highest BCUT2D eigenvalue weighted by molar-refractivity contribution is 7.92. The SMILES string of the molecule is CC(F)(C1CCN(c2cnns2)CC1)S(=O)(=O)c1ccc(C#N)cc1. The molecule has 1 aromatic carbocycles. The van der Waals surface area contributed by atoms with Crippen LogP contribution in [0.3, 0.4) is 0 Å². The van der Waals surface area contributed by atoms with E-state index < -0.39 is 20.8 Å². The molecule has 1 aliphatic heterocycles. The molecule has 0 bridgehead atoms. The lowest BCUT2D eigenvalue weighted by atomic mass is 9.92. The smallest absolute Gasteiger partial charge is 0.215 e. The normalized spacial score (nSPS) is 18.5. The maximum Gasteiger partial charge on any atom is 0.215 e. The summed E-state index contributed by atoms with van der Waals surface area (Å²) in [6.07, 6.45) is 2.52. The topological polar surface area (TPSA) is 87.0 Å². The van der Waals surface area contributed by atoms with Gasteiger partial charge in [0.25, 0.3) is 0 Å². The van der Waals surface area contributed by atoms with E-state index in [1.807, 2.05) is 11.0 Å². The van der Waals surface area contributed by atoms with Gasteiger partial charge in [0.1, 0.15) is 5.00 Å². The van der Waals surface area contributed by atoms with Crippen molar-refractivity contribution in [3.63, 3.8) is 0 Å². The fourth-order valence-corrected chi connectivity index (χ4v) is 5.28. The van der Waals surface area contributed by atoms with Crippen molar-refractivity contribution < 1.29 is 12.8 Å². The third kappa shape index (κ3) is 3.24. The lowest BCUT2D eigenvalue weighted by Crippen LogP contribution is -2.45. The first-order valence-electron chi connectivity index (χ1n) is 7.82. The Morgan fingerprint density at radius 1 is 1.32 bits per heavy atom. The Bertz CT molecular complexity index is 866. The molecule has 6 nitrogen and oxygen atoms in total. The fourth-order valence-electron chi connectivity index (χ4n) is 3.08. The zero-order chi connectivity index (χ0) is 18.1. The number of hydrogen-bond acceptors (Lipinski definition) is 7. The first-order valence-corrected chi connectivity index (χ1v) is 10.1. The van der Waals surface area contributed by atoms with Gasteiger partial charge in [-0.3, -0.25) is 0 Å². The van der Waals surface area contributed by atoms with Crippen LogP contribution in [0.5, 0.6) is 0 Å². The van der Waals surface area contributed by atoms with Crippen LogP contribution in [-0.2, 0) is 9.84 Å². The average Bonchev–Trinajstić information content (AvgIpc) is 3.16. The molecule has 1 fully saturated rings. The molecule has 2 heterocycles. The molecule has 0 N–H and O–H groups in total. The Labute approximate surface area is 150 Å². The van der Waals surface area contributed by atoms with Crippen molar-refractivity contribution in [2.24, 2.45) is 5.92 Å². The van der Waals surface area contributed by atoms with Gasteiger partial charge in [-0.15, -0.1) is 5.10 Å². The van der Waals surface area contributed by atoms with Gasteiger partial charge < -0.3 is 4.90 Å². The summed E-state index contributed by atoms with van der Waals surface area (Å²) in [6, 6.07) is 7.30. The van der Waals surface area contributed by atoms with Crippen LogP contribution < -0.4 is 4.90 Å². The van der Waals surface area contributed by atoms with Gasteiger partial charge in [-0.1, -0.05) is 4.49 Å². The highest BCUT2D eigenvalue weighted by Crippen LogP contribution is 2.40. The Morgan fingerprint density at radius 2 is 1.96 bits per heavy atom. The molecule has 0 amide bonds. The van der Waals surface area contributed by atoms with Crippen LogP contribution in [0, 0.1) is 17.2 Å². The third-order valence-corrected chi connectivity index (χ3v) is 7.71. The lowest BCUT2D eigenvalue weighted by Gasteiger charge is -2.37. The van der Waals surface area contributed by atoms with Gasteiger partial charge >= 0.3 is 0 Å². The number of nitrogens with zero attached hydrogens (tertiary/aromatic N) is 4. The molecule has 1 atom stereocenters. The van der Waals surface area contributed by atoms with Crippen molar-refractivity contribution in [3.05, 3.63) is 36.0 Å². The van der Waals surface area contributed by atoms with Crippen molar-refractivity contribution in [2.45, 2.75) is 29.7 Å². The van der Waals surface area contributed by atoms with E-state index in [-0.39, 0.29) is 4.90 Å². The molecular formula is C16H17FN4O2S2. The highest BCUT2D eigenvalue weighted by atomic mass is 32.2. The quantitative estimate of drug-likeness (QED) is 0.811. The fraction of sp³-hybridized carbons (Fsp3) is 0.438. The Balaban J connectivity index is 1.77. The first-order chi connectivity index (χ1) is 11.9. The predicted molar refractivity (Wildman–Crippen MR) is 92.7 cm³/mol. The van der Waals surface area contributed by atoms with Crippen molar-refractivity contribution in [2.75, 3.05) is 18.0 Å². The molecule has 0 saturated carbocycles. The molecule has 0 aliphatic carbocycles. The molecule has 25 heavy (non-hydrogen) atoms. The van der Waals surface area contributed by atoms with Gasteiger partial charge in [-0.2, -0.15) is 5.26 Å². The second kappa shape index (κ2) is 6.69. The van der Waals surface area contributed by atoms with Gasteiger partial charge in [0.15, 0.2) is 0 Å². The summed E-state index contributed by atoms with van der Waals surface area (Å²) in [5.41, 5.74) is 0.339. The number of piperidine rings is 1. The summed E-state index contributed by atoms with van der Waals surface area (Å²) in [5, 5.41) is 11.2. The largest absolute Gasteiger partial charge is 0.361 e. The Kier molecular flexibility index (Phi) is 4.75. The molecule has 1 aliphatic rings. The summed E-state index contributed by atoms with van der Waals surface area (Å²) in [5.74, 6) is -0.592. The molecule has 0 spiro atoms. The van der Waals surface area contributed by atoms with E-state index in [1.54, 1.807) is 6.20 Å². The molecule has 0 radical (unpaired) electrons. The van der Waals surface area contributed by atoms with E-state index in [1.165, 1.54) is 35.8 Å². The van der Waals surface area contributed by atoms with E-state index in [9.17, 15) is 8.42 Å². The Morgan fingerprint density at radius 3 is 2.48 bits per heavy atom. The van der Waals surface area contributed by atoms with Gasteiger partial charge in [0.2, 0.25) is 14.8 Å². The second-order valence-electron chi connectivity index (χ2n) is 6.14. The van der Waals surface area contributed by atoms with Crippen LogP contribution in [0.4, 0.5) is 9.39 Å². The van der Waals surface area contributed by atoms with Gasteiger partial charge in [-0.25, -0.2) is 12.8 Å². The van der Waals surface area contributed by atoms with Crippen molar-refractivity contribution in [1.82, 2.24) is 9.59 Å². The number of hydrogen-bond donors (Lipinski definition) is 0. The van der Waals surface area contributed by atoms with E-state index in [4.69, 9.17) is 5.26 Å². The summed E-state index contributed by atoms with van der Waals surface area (Å²) in [7, 11) is -4.15. The standard InChI is InChI=1S/C16H17FN4O2S2/c1-16(17,25(22,23)14-4-2-12(10-18)3-5-14)13-6-8-21(9-7-13)15-11-19-20-24-15/h2-5,11,13H,6-9H2,1H3. The predicted octanol–water partition coefficient (Wildman–Crippen LogP) is 2.79. The summed E-state index contributed by atoms with van der Waals surface area (Å²) < 4.78 is 44.8. The van der Waals surface area contributed by atoms with Gasteiger partial charge in [0, 0.05) is 30.5 Å². The van der Waals surface area contributed by atoms with E-state index >= 15 is 4.39 Å². The van der Waals surface area contributed by atoms with E-state index in [2.05, 4.69) is 9.59 Å². The highest BCUT2D eigenvalue weighted by Gasteiger charge is 2.48. The van der Waals surface area contributed by atoms with E-state index in [0.717, 1.165) is 11.9 Å². The van der Waals surface area contributed by atoms with Gasteiger partial charge in [0.05, 0.1) is 22.7 Å². The summed E-state index contributed by atoms with van der Waals surface area (Å²) >= 11 is 1.27. The minimum Gasteiger partial charge on any atom is -0.361 e. The maximum absolute atomic E-state index is 15.4. The Hall–Kier alpha value is -2.05. The van der Waals surface area contributed by atoms with Crippen LogP contribution in [-0.4, -0.2) is 36.1 Å². The van der Waals surface area contributed by atoms with Crippen molar-refractivity contribution in [3.8, 4) is 6.07 Å². The molecule has 1 aromatic heterocycles. The van der Waals surface area contributed by atoms with Crippen LogP contribution in [0.1, 0.15) is 25.3 Å². The van der Waals surface area contributed by atoms with Crippen LogP contribution in [0.25, 0.3) is 0 Å². The van der Waals surface area contributed by atoms with Gasteiger partial charge in [-0.05, 0) is 44.0 Å². The number of alkyl halides is 1. The number of anilines is 1. The number of benzene rings is 1. The molecule has 3 rings (SSSR count). The molecule has 132 valence electrons. The second-order valence-corrected chi connectivity index (χ2v) is 9.18. The first kappa shape index (κ1) is 17.8. The van der Waals surface area contributed by atoms with Crippen molar-refractivity contribution >= 4 is 26.4 Å². The number of sulfone groups is 1. The minimum absolute atomic E-state index is 0.0920. The monoisotopic (exact) mass is 380 g/mol. The summed E-state index contributed by atoms with van der Waals surface area (Å²) in [6.45, 7) is 2.28. The zero-order valence-electron chi connectivity index (χ0n) is 13.6. The number of nitriles is 1.